The van der Waals surface area contributed by atoms with E-state index in [1.165, 1.54) is 64.2 Å². The lowest BCUT2D eigenvalue weighted by Crippen LogP contribution is -2.41. The molecule has 0 spiro atoms. The molecule has 19 heavy (non-hydrogen) atoms. The van der Waals surface area contributed by atoms with Crippen LogP contribution in [0.2, 0.25) is 0 Å². The molecule has 0 amide bonds. The Morgan fingerprint density at radius 2 is 1.58 bits per heavy atom. The van der Waals surface area contributed by atoms with Crippen LogP contribution in [0.4, 0.5) is 0 Å². The molecule has 0 radical (unpaired) electrons. The highest BCUT2D eigenvalue weighted by atomic mass is 16.5. The number of hydrogen-bond acceptors (Lipinski definition) is 3. The monoisotopic (exact) mass is 269 g/mol. The van der Waals surface area contributed by atoms with Crippen molar-refractivity contribution >= 4 is 0 Å². The molecule has 2 N–H and O–H groups in total. The number of nitrogens with one attached hydrogen (secondary N) is 1. The summed E-state index contributed by atoms with van der Waals surface area (Å²) in [7, 11) is 0. The molecule has 2 aliphatic rings. The van der Waals surface area contributed by atoms with E-state index in [0.29, 0.717) is 24.7 Å². The number of aliphatic hydroxyl groups excluding tert-OH is 1. The minimum Gasteiger partial charge on any atom is -0.396 e. The smallest absolute Gasteiger partial charge is 0.0594 e. The Morgan fingerprint density at radius 1 is 0.895 bits per heavy atom. The zero-order valence-corrected chi connectivity index (χ0v) is 12.3. The zero-order chi connectivity index (χ0) is 13.3. The van der Waals surface area contributed by atoms with Crippen LogP contribution in [0.5, 0.6) is 0 Å². The lowest BCUT2D eigenvalue weighted by molar-refractivity contribution is 0.0410. The van der Waals surface area contributed by atoms with E-state index in [1.807, 2.05) is 0 Å². The first-order valence-corrected chi connectivity index (χ1v) is 8.36. The lowest BCUT2D eigenvalue weighted by Gasteiger charge is -2.31. The molecular weight excluding hydrogens is 238 g/mol. The molecular formula is C16H31NO2. The van der Waals surface area contributed by atoms with Gasteiger partial charge in [0.15, 0.2) is 0 Å². The van der Waals surface area contributed by atoms with Gasteiger partial charge in [-0.3, -0.25) is 0 Å². The maximum atomic E-state index is 9.38. The van der Waals surface area contributed by atoms with Gasteiger partial charge in [-0.1, -0.05) is 38.5 Å². The average molecular weight is 269 g/mol. The third-order valence-electron chi connectivity index (χ3n) is 4.81. The first kappa shape index (κ1) is 15.3. The number of aliphatic hydroxyl groups is 1. The summed E-state index contributed by atoms with van der Waals surface area (Å²) in [5.41, 5.74) is 0. The van der Waals surface area contributed by atoms with Crippen LogP contribution >= 0.6 is 0 Å². The molecule has 0 bridgehead atoms. The zero-order valence-electron chi connectivity index (χ0n) is 12.3. The normalized spacial score (nSPS) is 30.2. The molecule has 0 aromatic carbocycles. The minimum atomic E-state index is 0.334. The fourth-order valence-electron chi connectivity index (χ4n) is 3.57. The molecule has 2 saturated carbocycles. The molecule has 0 unspecified atom stereocenters. The molecule has 2 aliphatic carbocycles. The molecule has 2 atom stereocenters. The largest absolute Gasteiger partial charge is 0.396 e. The molecule has 0 aliphatic heterocycles. The van der Waals surface area contributed by atoms with Crippen LogP contribution in [0.25, 0.3) is 0 Å². The molecule has 2 rings (SSSR count). The number of hydrogen-bond donors (Lipinski definition) is 2. The SMILES string of the molecule is OC[C@H]1CCCC[C@H]1NCCOC1CCCCCC1. The van der Waals surface area contributed by atoms with Crippen molar-refractivity contribution in [1.82, 2.24) is 5.32 Å². The molecule has 112 valence electrons. The Bertz CT molecular complexity index is 227. The first-order valence-electron chi connectivity index (χ1n) is 8.36. The molecule has 3 heteroatoms. The van der Waals surface area contributed by atoms with Crippen molar-refractivity contribution < 1.29 is 9.84 Å². The topological polar surface area (TPSA) is 41.5 Å². The van der Waals surface area contributed by atoms with Crippen molar-refractivity contribution in [3.05, 3.63) is 0 Å². The van der Waals surface area contributed by atoms with Crippen molar-refractivity contribution in [3.8, 4) is 0 Å². The lowest BCUT2D eigenvalue weighted by atomic mass is 9.85. The summed E-state index contributed by atoms with van der Waals surface area (Å²) in [4.78, 5) is 0. The molecule has 0 heterocycles. The van der Waals surface area contributed by atoms with Crippen LogP contribution in [-0.2, 0) is 4.74 Å². The van der Waals surface area contributed by atoms with E-state index in [-0.39, 0.29) is 0 Å². The van der Waals surface area contributed by atoms with Gasteiger partial charge in [0.1, 0.15) is 0 Å². The van der Waals surface area contributed by atoms with Gasteiger partial charge in [0.2, 0.25) is 0 Å². The Labute approximate surface area is 118 Å². The molecule has 2 fully saturated rings. The van der Waals surface area contributed by atoms with Crippen LogP contribution in [0.15, 0.2) is 0 Å². The molecule has 0 saturated heterocycles. The third kappa shape index (κ3) is 5.41. The van der Waals surface area contributed by atoms with Gasteiger partial charge in [0, 0.05) is 19.2 Å². The summed E-state index contributed by atoms with van der Waals surface area (Å²) < 4.78 is 6.00. The fourth-order valence-corrected chi connectivity index (χ4v) is 3.57. The predicted octanol–water partition coefficient (Wildman–Crippen LogP) is 2.87. The van der Waals surface area contributed by atoms with Gasteiger partial charge >= 0.3 is 0 Å². The van der Waals surface area contributed by atoms with Gasteiger partial charge in [-0.15, -0.1) is 0 Å². The quantitative estimate of drug-likeness (QED) is 0.575. The van der Waals surface area contributed by atoms with Crippen LogP contribution in [-0.4, -0.2) is 37.0 Å². The van der Waals surface area contributed by atoms with Crippen LogP contribution < -0.4 is 5.32 Å². The van der Waals surface area contributed by atoms with Crippen molar-refractivity contribution in [2.75, 3.05) is 19.8 Å². The highest BCUT2D eigenvalue weighted by Gasteiger charge is 2.23. The van der Waals surface area contributed by atoms with Crippen LogP contribution in [0, 0.1) is 5.92 Å². The highest BCUT2D eigenvalue weighted by molar-refractivity contribution is 4.80. The van der Waals surface area contributed by atoms with E-state index < -0.39 is 0 Å². The standard InChI is InChI=1S/C16H31NO2/c18-13-14-7-5-6-10-16(14)17-11-12-19-15-8-3-1-2-4-9-15/h14-18H,1-13H2/t14-,16-/m1/s1. The second-order valence-electron chi connectivity index (χ2n) is 6.27. The van der Waals surface area contributed by atoms with Crippen molar-refractivity contribution in [2.24, 2.45) is 5.92 Å². The molecule has 0 aromatic rings. The summed E-state index contributed by atoms with van der Waals surface area (Å²) in [6, 6.07) is 0.511. The summed E-state index contributed by atoms with van der Waals surface area (Å²) in [6.07, 6.45) is 13.4. The summed E-state index contributed by atoms with van der Waals surface area (Å²) in [5.74, 6) is 0.464. The fraction of sp³-hybridized carbons (Fsp3) is 1.00. The van der Waals surface area contributed by atoms with Crippen molar-refractivity contribution in [2.45, 2.75) is 76.4 Å². The van der Waals surface area contributed by atoms with Crippen molar-refractivity contribution in [1.29, 1.82) is 0 Å². The Balaban J connectivity index is 1.57. The van der Waals surface area contributed by atoms with E-state index in [1.54, 1.807) is 0 Å². The van der Waals surface area contributed by atoms with Gasteiger partial charge in [-0.25, -0.2) is 0 Å². The average Bonchev–Trinajstić information content (AvgIpc) is 2.72. The second kappa shape index (κ2) is 8.93. The van der Waals surface area contributed by atoms with Crippen LogP contribution in [0.1, 0.15) is 64.2 Å². The van der Waals surface area contributed by atoms with Gasteiger partial charge in [0.05, 0.1) is 12.7 Å². The first-order chi connectivity index (χ1) is 9.40. The third-order valence-corrected chi connectivity index (χ3v) is 4.81. The van der Waals surface area contributed by atoms with E-state index >= 15 is 0 Å². The minimum absolute atomic E-state index is 0.334. The summed E-state index contributed by atoms with van der Waals surface area (Å²) in [6.45, 7) is 2.11. The van der Waals surface area contributed by atoms with Crippen LogP contribution in [0.3, 0.4) is 0 Å². The predicted molar refractivity (Wildman–Crippen MR) is 78.3 cm³/mol. The van der Waals surface area contributed by atoms with E-state index in [9.17, 15) is 5.11 Å². The number of ether oxygens (including phenoxy) is 1. The van der Waals surface area contributed by atoms with Gasteiger partial charge in [-0.2, -0.15) is 0 Å². The Hall–Kier alpha value is -0.120. The highest BCUT2D eigenvalue weighted by Crippen LogP contribution is 2.24. The number of rotatable bonds is 6. The molecule has 0 aromatic heterocycles. The van der Waals surface area contributed by atoms with E-state index in [0.717, 1.165) is 13.2 Å². The van der Waals surface area contributed by atoms with Gasteiger partial charge in [0.25, 0.3) is 0 Å². The summed E-state index contributed by atoms with van der Waals surface area (Å²) >= 11 is 0. The molecule has 3 nitrogen and oxygen atoms in total. The maximum absolute atomic E-state index is 9.38. The van der Waals surface area contributed by atoms with Crippen molar-refractivity contribution in [3.63, 3.8) is 0 Å². The Kier molecular flexibility index (Phi) is 7.18. The maximum Gasteiger partial charge on any atom is 0.0594 e. The van der Waals surface area contributed by atoms with E-state index in [2.05, 4.69) is 5.32 Å². The van der Waals surface area contributed by atoms with E-state index in [4.69, 9.17) is 4.74 Å². The van der Waals surface area contributed by atoms with Gasteiger partial charge in [-0.05, 0) is 31.6 Å². The summed E-state index contributed by atoms with van der Waals surface area (Å²) in [5, 5.41) is 13.0. The Morgan fingerprint density at radius 3 is 2.32 bits per heavy atom. The second-order valence-corrected chi connectivity index (χ2v) is 6.27. The van der Waals surface area contributed by atoms with Gasteiger partial charge < -0.3 is 15.2 Å².